The number of likely N-dealkylation sites (tertiary alicyclic amines) is 1. The zero-order valence-electron chi connectivity index (χ0n) is 11.4. The van der Waals surface area contributed by atoms with E-state index in [1.165, 1.54) is 6.26 Å². The van der Waals surface area contributed by atoms with Crippen molar-refractivity contribution in [1.29, 1.82) is 0 Å². The Morgan fingerprint density at radius 2 is 2.00 bits per heavy atom. The van der Waals surface area contributed by atoms with Gasteiger partial charge in [-0.2, -0.15) is 0 Å². The Morgan fingerprint density at radius 3 is 2.53 bits per heavy atom. The van der Waals surface area contributed by atoms with Crippen LogP contribution in [0.4, 0.5) is 0 Å². The van der Waals surface area contributed by atoms with E-state index >= 15 is 0 Å². The molecule has 0 aromatic rings. The molecule has 1 N–H and O–H groups in total. The smallest absolute Gasteiger partial charge is 0.148 e. The second-order valence-corrected chi connectivity index (χ2v) is 7.48. The van der Waals surface area contributed by atoms with Crippen LogP contribution in [0.5, 0.6) is 0 Å². The van der Waals surface area contributed by atoms with Crippen LogP contribution in [-0.2, 0) is 9.84 Å². The average Bonchev–Trinajstić information content (AvgIpc) is 2.23. The van der Waals surface area contributed by atoms with Crippen LogP contribution in [0.1, 0.15) is 27.2 Å². The Labute approximate surface area is 106 Å². The fourth-order valence-corrected chi connectivity index (χ4v) is 3.15. The Hall–Kier alpha value is -0.130. The highest BCUT2D eigenvalue weighted by atomic mass is 32.2. The molecule has 0 spiro atoms. The van der Waals surface area contributed by atoms with Crippen molar-refractivity contribution in [2.45, 2.75) is 39.3 Å². The second kappa shape index (κ2) is 6.16. The molecule has 0 amide bonds. The van der Waals surface area contributed by atoms with Crippen LogP contribution in [0.3, 0.4) is 0 Å². The van der Waals surface area contributed by atoms with Crippen molar-refractivity contribution in [1.82, 2.24) is 10.2 Å². The first kappa shape index (κ1) is 14.9. The van der Waals surface area contributed by atoms with Gasteiger partial charge in [-0.05, 0) is 32.4 Å². The van der Waals surface area contributed by atoms with Gasteiger partial charge >= 0.3 is 0 Å². The van der Waals surface area contributed by atoms with Gasteiger partial charge in [0.2, 0.25) is 0 Å². The van der Waals surface area contributed by atoms with Crippen molar-refractivity contribution in [3.05, 3.63) is 0 Å². The Morgan fingerprint density at radius 1 is 1.35 bits per heavy atom. The molecule has 0 aliphatic carbocycles. The monoisotopic (exact) mass is 262 g/mol. The summed E-state index contributed by atoms with van der Waals surface area (Å²) in [4.78, 5) is 2.31. The van der Waals surface area contributed by atoms with Gasteiger partial charge in [-0.3, -0.25) is 4.90 Å². The standard InChI is InChI=1S/C12H26N2O2S/c1-5-13-12-6-7-14(11(3)10(12)2)8-9-17(4,15)16/h10-13H,5-9H2,1-4H3. The first-order chi connectivity index (χ1) is 7.85. The number of sulfone groups is 1. The van der Waals surface area contributed by atoms with Crippen molar-refractivity contribution in [2.75, 3.05) is 31.6 Å². The van der Waals surface area contributed by atoms with Gasteiger partial charge in [0.25, 0.3) is 0 Å². The second-order valence-electron chi connectivity index (χ2n) is 5.22. The van der Waals surface area contributed by atoms with E-state index in [0.29, 0.717) is 24.5 Å². The quantitative estimate of drug-likeness (QED) is 0.794. The Bertz CT molecular complexity index is 329. The molecule has 3 atom stereocenters. The lowest BCUT2D eigenvalue weighted by Gasteiger charge is -2.43. The topological polar surface area (TPSA) is 49.4 Å². The maximum Gasteiger partial charge on any atom is 0.148 e. The van der Waals surface area contributed by atoms with E-state index in [1.54, 1.807) is 0 Å². The zero-order chi connectivity index (χ0) is 13.1. The van der Waals surface area contributed by atoms with Gasteiger partial charge in [0.1, 0.15) is 9.84 Å². The van der Waals surface area contributed by atoms with E-state index in [0.717, 1.165) is 19.5 Å². The van der Waals surface area contributed by atoms with Crippen molar-refractivity contribution in [2.24, 2.45) is 5.92 Å². The van der Waals surface area contributed by atoms with E-state index in [1.807, 2.05) is 0 Å². The van der Waals surface area contributed by atoms with Crippen molar-refractivity contribution in [3.8, 4) is 0 Å². The lowest BCUT2D eigenvalue weighted by molar-refractivity contribution is 0.0916. The van der Waals surface area contributed by atoms with Crippen LogP contribution >= 0.6 is 0 Å². The maximum absolute atomic E-state index is 11.2. The van der Waals surface area contributed by atoms with Crippen LogP contribution < -0.4 is 5.32 Å². The number of nitrogens with one attached hydrogen (secondary N) is 1. The van der Waals surface area contributed by atoms with Crippen LogP contribution in [0, 0.1) is 5.92 Å². The summed E-state index contributed by atoms with van der Waals surface area (Å²) in [7, 11) is -2.85. The number of hydrogen-bond acceptors (Lipinski definition) is 4. The summed E-state index contributed by atoms with van der Waals surface area (Å²) in [5.41, 5.74) is 0. The third-order valence-corrected chi connectivity index (χ3v) is 4.84. The minimum absolute atomic E-state index is 0.274. The molecular weight excluding hydrogens is 236 g/mol. The number of rotatable bonds is 5. The first-order valence-electron chi connectivity index (χ1n) is 6.50. The fourth-order valence-electron chi connectivity index (χ4n) is 2.59. The third-order valence-electron chi connectivity index (χ3n) is 3.91. The number of nitrogens with zero attached hydrogens (tertiary/aromatic N) is 1. The molecule has 1 saturated heterocycles. The molecule has 0 aromatic heterocycles. The Kier molecular flexibility index (Phi) is 5.41. The molecule has 0 saturated carbocycles. The highest BCUT2D eigenvalue weighted by Crippen LogP contribution is 2.23. The average molecular weight is 262 g/mol. The zero-order valence-corrected chi connectivity index (χ0v) is 12.3. The van der Waals surface area contributed by atoms with Gasteiger partial charge in [0.15, 0.2) is 0 Å². The Balaban J connectivity index is 2.50. The van der Waals surface area contributed by atoms with Gasteiger partial charge in [-0.1, -0.05) is 13.8 Å². The predicted octanol–water partition coefficient (Wildman–Crippen LogP) is 0.739. The van der Waals surface area contributed by atoms with E-state index < -0.39 is 9.84 Å². The summed E-state index contributed by atoms with van der Waals surface area (Å²) < 4.78 is 22.4. The van der Waals surface area contributed by atoms with Gasteiger partial charge in [0, 0.05) is 24.9 Å². The van der Waals surface area contributed by atoms with E-state index in [4.69, 9.17) is 0 Å². The largest absolute Gasteiger partial charge is 0.314 e. The maximum atomic E-state index is 11.2. The van der Waals surface area contributed by atoms with Gasteiger partial charge < -0.3 is 5.32 Å². The molecule has 17 heavy (non-hydrogen) atoms. The molecule has 1 heterocycles. The van der Waals surface area contributed by atoms with Gasteiger partial charge in [-0.25, -0.2) is 8.42 Å². The van der Waals surface area contributed by atoms with Crippen LogP contribution in [0.15, 0.2) is 0 Å². The molecule has 0 bridgehead atoms. The van der Waals surface area contributed by atoms with Crippen LogP contribution in [0.2, 0.25) is 0 Å². The predicted molar refractivity (Wildman–Crippen MR) is 72.0 cm³/mol. The molecule has 3 unspecified atom stereocenters. The summed E-state index contributed by atoms with van der Waals surface area (Å²) in [6.45, 7) is 9.27. The lowest BCUT2D eigenvalue weighted by atomic mass is 9.87. The molecule has 1 aliphatic heterocycles. The van der Waals surface area contributed by atoms with Crippen molar-refractivity contribution >= 4 is 9.84 Å². The van der Waals surface area contributed by atoms with Crippen molar-refractivity contribution in [3.63, 3.8) is 0 Å². The molecule has 1 fully saturated rings. The minimum atomic E-state index is -2.85. The van der Waals surface area contributed by atoms with E-state index in [-0.39, 0.29) is 5.75 Å². The van der Waals surface area contributed by atoms with E-state index in [9.17, 15) is 8.42 Å². The van der Waals surface area contributed by atoms with Crippen LogP contribution in [0.25, 0.3) is 0 Å². The van der Waals surface area contributed by atoms with E-state index in [2.05, 4.69) is 31.0 Å². The number of hydrogen-bond donors (Lipinski definition) is 1. The molecular formula is C12H26N2O2S. The fraction of sp³-hybridized carbons (Fsp3) is 1.00. The highest BCUT2D eigenvalue weighted by Gasteiger charge is 2.31. The van der Waals surface area contributed by atoms with Crippen LogP contribution in [-0.4, -0.2) is 57.0 Å². The normalized spacial score (nSPS) is 31.6. The van der Waals surface area contributed by atoms with Gasteiger partial charge in [-0.15, -0.1) is 0 Å². The molecule has 102 valence electrons. The number of piperidine rings is 1. The first-order valence-corrected chi connectivity index (χ1v) is 8.56. The summed E-state index contributed by atoms with van der Waals surface area (Å²) in [6.07, 6.45) is 2.43. The lowest BCUT2D eigenvalue weighted by Crippen LogP contribution is -2.54. The molecule has 5 heteroatoms. The molecule has 0 aromatic carbocycles. The summed E-state index contributed by atoms with van der Waals surface area (Å²) >= 11 is 0. The molecule has 1 rings (SSSR count). The SMILES string of the molecule is CCNC1CCN(CCS(C)(=O)=O)C(C)C1C. The molecule has 1 aliphatic rings. The third kappa shape index (κ3) is 4.56. The molecule has 4 nitrogen and oxygen atoms in total. The summed E-state index contributed by atoms with van der Waals surface area (Å²) in [5.74, 6) is 0.846. The van der Waals surface area contributed by atoms with Gasteiger partial charge in [0.05, 0.1) is 5.75 Å². The summed E-state index contributed by atoms with van der Waals surface area (Å²) in [6, 6.07) is 1.03. The highest BCUT2D eigenvalue weighted by molar-refractivity contribution is 7.90. The van der Waals surface area contributed by atoms with Crippen molar-refractivity contribution < 1.29 is 8.42 Å². The summed E-state index contributed by atoms with van der Waals surface area (Å²) in [5, 5.41) is 3.51. The molecule has 0 radical (unpaired) electrons. The minimum Gasteiger partial charge on any atom is -0.314 e.